The third-order valence-electron chi connectivity index (χ3n) is 4.60. The van der Waals surface area contributed by atoms with Gasteiger partial charge in [0.1, 0.15) is 0 Å². The fourth-order valence-corrected chi connectivity index (χ4v) is 3.29. The minimum absolute atomic E-state index is 0.983. The summed E-state index contributed by atoms with van der Waals surface area (Å²) >= 11 is 0. The number of nitrogens with zero attached hydrogens (tertiary/aromatic N) is 1. The van der Waals surface area contributed by atoms with Crippen molar-refractivity contribution >= 4 is 10.8 Å². The van der Waals surface area contributed by atoms with E-state index in [2.05, 4.69) is 84.4 Å². The lowest BCUT2D eigenvalue weighted by Gasteiger charge is -2.10. The van der Waals surface area contributed by atoms with Crippen LogP contribution >= 0.6 is 0 Å². The molecule has 4 aromatic rings. The van der Waals surface area contributed by atoms with Crippen molar-refractivity contribution in [3.8, 4) is 23.0 Å². The van der Waals surface area contributed by atoms with Gasteiger partial charge < -0.3 is 0 Å². The van der Waals surface area contributed by atoms with E-state index in [9.17, 15) is 0 Å². The van der Waals surface area contributed by atoms with Crippen molar-refractivity contribution < 1.29 is 0 Å². The van der Waals surface area contributed by atoms with Gasteiger partial charge in [-0.25, -0.2) is 0 Å². The summed E-state index contributed by atoms with van der Waals surface area (Å²) in [5, 5.41) is 2.42. The van der Waals surface area contributed by atoms with Crippen molar-refractivity contribution in [2.75, 3.05) is 0 Å². The molecule has 0 bridgehead atoms. The Morgan fingerprint density at radius 3 is 2.31 bits per heavy atom. The average Bonchev–Trinajstić information content (AvgIpc) is 2.66. The molecule has 0 saturated carbocycles. The van der Waals surface area contributed by atoms with Crippen molar-refractivity contribution in [1.82, 2.24) is 4.98 Å². The molecule has 0 radical (unpaired) electrons. The predicted molar refractivity (Wildman–Crippen MR) is 109 cm³/mol. The third-order valence-corrected chi connectivity index (χ3v) is 4.60. The van der Waals surface area contributed by atoms with Gasteiger partial charge in [0.25, 0.3) is 0 Å². The molecule has 1 heterocycles. The Kier molecular flexibility index (Phi) is 4.25. The lowest BCUT2D eigenvalue weighted by atomic mass is 9.93. The molecule has 1 heteroatoms. The van der Waals surface area contributed by atoms with Crippen molar-refractivity contribution in [2.45, 2.75) is 13.8 Å². The normalized spacial score (nSPS) is 10.4. The lowest BCUT2D eigenvalue weighted by Crippen LogP contribution is -1.87. The lowest BCUT2D eigenvalue weighted by molar-refractivity contribution is 1.19. The highest BCUT2D eigenvalue weighted by molar-refractivity contribution is 6.00. The maximum absolute atomic E-state index is 4.23. The van der Waals surface area contributed by atoms with Crippen LogP contribution < -0.4 is 0 Å². The molecule has 1 nitrogen and oxygen atoms in total. The van der Waals surface area contributed by atoms with Gasteiger partial charge >= 0.3 is 0 Å². The average molecular weight is 333 g/mol. The number of aryl methyl sites for hydroxylation is 2. The molecular formula is C25H19N. The minimum Gasteiger partial charge on any atom is -0.262 e. The molecule has 26 heavy (non-hydrogen) atoms. The maximum Gasteiger partial charge on any atom is 0.0385 e. The Balaban J connectivity index is 1.87. The topological polar surface area (TPSA) is 12.9 Å². The van der Waals surface area contributed by atoms with Crippen molar-refractivity contribution in [2.24, 2.45) is 0 Å². The number of pyridine rings is 1. The number of rotatable bonds is 1. The molecule has 0 fully saturated rings. The van der Waals surface area contributed by atoms with E-state index in [1.165, 1.54) is 27.5 Å². The van der Waals surface area contributed by atoms with Crippen LogP contribution in [0.2, 0.25) is 0 Å². The van der Waals surface area contributed by atoms with Crippen LogP contribution in [0.15, 0.2) is 79.0 Å². The zero-order valence-corrected chi connectivity index (χ0v) is 15.0. The van der Waals surface area contributed by atoms with Crippen LogP contribution in [0.25, 0.3) is 21.9 Å². The Hall–Kier alpha value is -3.37. The molecule has 0 N–H and O–H groups in total. The smallest absolute Gasteiger partial charge is 0.0385 e. The zero-order valence-electron chi connectivity index (χ0n) is 15.0. The molecule has 0 unspecified atom stereocenters. The molecule has 0 saturated heterocycles. The first kappa shape index (κ1) is 16.1. The summed E-state index contributed by atoms with van der Waals surface area (Å²) in [6, 6.07) is 25.3. The monoisotopic (exact) mass is 333 g/mol. The summed E-state index contributed by atoms with van der Waals surface area (Å²) < 4.78 is 0. The quantitative estimate of drug-likeness (QED) is 0.394. The number of fused-ring (bicyclic) bond motifs is 1. The highest BCUT2D eigenvalue weighted by Gasteiger charge is 2.07. The molecule has 0 atom stereocenters. The maximum atomic E-state index is 4.23. The van der Waals surface area contributed by atoms with Crippen LogP contribution in [0.5, 0.6) is 0 Å². The van der Waals surface area contributed by atoms with Crippen molar-refractivity contribution in [1.29, 1.82) is 0 Å². The molecule has 124 valence electrons. The summed E-state index contributed by atoms with van der Waals surface area (Å²) in [6.07, 6.45) is 1.80. The predicted octanol–water partition coefficient (Wildman–Crippen LogP) is 5.92. The van der Waals surface area contributed by atoms with E-state index < -0.39 is 0 Å². The van der Waals surface area contributed by atoms with Crippen LogP contribution in [0, 0.1) is 25.7 Å². The molecular weight excluding hydrogens is 314 g/mol. The van der Waals surface area contributed by atoms with E-state index in [4.69, 9.17) is 0 Å². The third kappa shape index (κ3) is 3.10. The first-order chi connectivity index (χ1) is 12.7. The number of aromatic nitrogens is 1. The van der Waals surface area contributed by atoms with Gasteiger partial charge in [-0.1, -0.05) is 66.4 Å². The van der Waals surface area contributed by atoms with E-state index in [0.717, 1.165) is 16.8 Å². The van der Waals surface area contributed by atoms with E-state index in [-0.39, 0.29) is 0 Å². The fourth-order valence-electron chi connectivity index (χ4n) is 3.29. The second-order valence-corrected chi connectivity index (χ2v) is 6.46. The largest absolute Gasteiger partial charge is 0.262 e. The van der Waals surface area contributed by atoms with Gasteiger partial charge in [-0.2, -0.15) is 0 Å². The molecule has 4 rings (SSSR count). The molecule has 0 aliphatic heterocycles. The second kappa shape index (κ2) is 6.86. The molecule has 3 aromatic carbocycles. The second-order valence-electron chi connectivity index (χ2n) is 6.46. The highest BCUT2D eigenvalue weighted by atomic mass is 14.6. The first-order valence-corrected chi connectivity index (χ1v) is 8.75. The number of hydrogen-bond acceptors (Lipinski definition) is 1. The highest BCUT2D eigenvalue weighted by Crippen LogP contribution is 2.32. The fraction of sp³-hybridized carbons (Fsp3) is 0.0800. The van der Waals surface area contributed by atoms with Crippen LogP contribution in [-0.2, 0) is 0 Å². The Morgan fingerprint density at radius 2 is 1.46 bits per heavy atom. The standard InChI is InChI=1S/C25H19N/c1-18-7-3-4-9-22(18)24-12-6-10-23-21(8-5-11-25(23)24)14-13-20-15-16-26-19(2)17-20/h3-12,15-17H,1-2H3. The Morgan fingerprint density at radius 1 is 0.692 bits per heavy atom. The van der Waals surface area contributed by atoms with Crippen LogP contribution in [-0.4, -0.2) is 4.98 Å². The molecule has 0 aliphatic carbocycles. The van der Waals surface area contributed by atoms with E-state index in [1.54, 1.807) is 6.20 Å². The van der Waals surface area contributed by atoms with E-state index in [1.807, 2.05) is 19.1 Å². The van der Waals surface area contributed by atoms with Gasteiger partial charge in [-0.15, -0.1) is 0 Å². The van der Waals surface area contributed by atoms with Gasteiger partial charge in [-0.3, -0.25) is 4.98 Å². The van der Waals surface area contributed by atoms with Gasteiger partial charge in [0, 0.05) is 23.0 Å². The van der Waals surface area contributed by atoms with Crippen LogP contribution in [0.3, 0.4) is 0 Å². The molecule has 1 aromatic heterocycles. The van der Waals surface area contributed by atoms with Gasteiger partial charge in [0.2, 0.25) is 0 Å². The number of hydrogen-bond donors (Lipinski definition) is 0. The van der Waals surface area contributed by atoms with Crippen LogP contribution in [0.4, 0.5) is 0 Å². The summed E-state index contributed by atoms with van der Waals surface area (Å²) in [7, 11) is 0. The van der Waals surface area contributed by atoms with Crippen LogP contribution in [0.1, 0.15) is 22.4 Å². The molecule has 0 amide bonds. The Bertz CT molecular complexity index is 1160. The van der Waals surface area contributed by atoms with E-state index >= 15 is 0 Å². The van der Waals surface area contributed by atoms with Crippen molar-refractivity contribution in [3.05, 3.63) is 101 Å². The Labute approximate surface area is 154 Å². The summed E-state index contributed by atoms with van der Waals surface area (Å²) in [4.78, 5) is 4.23. The summed E-state index contributed by atoms with van der Waals surface area (Å²) in [5.41, 5.74) is 6.83. The van der Waals surface area contributed by atoms with Gasteiger partial charge in [0.05, 0.1) is 0 Å². The van der Waals surface area contributed by atoms with Crippen molar-refractivity contribution in [3.63, 3.8) is 0 Å². The minimum atomic E-state index is 0.983. The van der Waals surface area contributed by atoms with Gasteiger partial charge in [0.15, 0.2) is 0 Å². The number of benzene rings is 3. The summed E-state index contributed by atoms with van der Waals surface area (Å²) in [5.74, 6) is 6.62. The summed E-state index contributed by atoms with van der Waals surface area (Å²) in [6.45, 7) is 4.14. The van der Waals surface area contributed by atoms with E-state index in [0.29, 0.717) is 0 Å². The first-order valence-electron chi connectivity index (χ1n) is 8.75. The van der Waals surface area contributed by atoms with Gasteiger partial charge in [-0.05, 0) is 59.5 Å². The zero-order chi connectivity index (χ0) is 17.9. The molecule has 0 aliphatic rings. The molecule has 0 spiro atoms. The SMILES string of the molecule is Cc1cc(C#Cc2cccc3c(-c4ccccc4C)cccc23)ccn1.